The van der Waals surface area contributed by atoms with Gasteiger partial charge in [-0.1, -0.05) is 12.1 Å². The van der Waals surface area contributed by atoms with Gasteiger partial charge in [0.2, 0.25) is 15.9 Å². The van der Waals surface area contributed by atoms with Crippen LogP contribution in [0, 0.1) is 6.92 Å². The van der Waals surface area contributed by atoms with Crippen molar-refractivity contribution in [2.24, 2.45) is 0 Å². The highest BCUT2D eigenvalue weighted by atomic mass is 79.9. The summed E-state index contributed by atoms with van der Waals surface area (Å²) in [4.78, 5) is 12.3. The number of nitrogens with zero attached hydrogens (tertiary/aromatic N) is 3. The SMILES string of the molecule is Cc1ccc(NC(=O)CN(C)S(=O)(=O)c2cccc3nsnc23)c(Br)c1. The second kappa shape index (κ2) is 7.39. The Morgan fingerprint density at radius 2 is 2.04 bits per heavy atom. The molecule has 2 aromatic carbocycles. The van der Waals surface area contributed by atoms with Crippen LogP contribution in [0.2, 0.25) is 0 Å². The summed E-state index contributed by atoms with van der Waals surface area (Å²) >= 11 is 4.33. The van der Waals surface area contributed by atoms with Crippen LogP contribution in [0.5, 0.6) is 0 Å². The molecule has 0 aliphatic heterocycles. The number of sulfonamides is 1. The van der Waals surface area contributed by atoms with Crippen LogP contribution in [0.15, 0.2) is 45.8 Å². The van der Waals surface area contributed by atoms with Crippen LogP contribution in [-0.2, 0) is 14.8 Å². The van der Waals surface area contributed by atoms with Gasteiger partial charge in [-0.3, -0.25) is 4.79 Å². The molecule has 0 radical (unpaired) electrons. The van der Waals surface area contributed by atoms with E-state index < -0.39 is 15.9 Å². The maximum Gasteiger partial charge on any atom is 0.245 e. The van der Waals surface area contributed by atoms with Crippen molar-refractivity contribution < 1.29 is 13.2 Å². The van der Waals surface area contributed by atoms with Crippen LogP contribution in [-0.4, -0.2) is 41.0 Å². The molecular formula is C16H15BrN4O3S2. The lowest BCUT2D eigenvalue weighted by atomic mass is 10.2. The summed E-state index contributed by atoms with van der Waals surface area (Å²) in [6.07, 6.45) is 0. The zero-order valence-electron chi connectivity index (χ0n) is 13.9. The van der Waals surface area contributed by atoms with Crippen LogP contribution in [0.4, 0.5) is 5.69 Å². The number of likely N-dealkylation sites (N-methyl/N-ethyl adjacent to an activating group) is 1. The van der Waals surface area contributed by atoms with E-state index in [2.05, 4.69) is 30.0 Å². The number of fused-ring (bicyclic) bond motifs is 1. The highest BCUT2D eigenvalue weighted by molar-refractivity contribution is 9.10. The molecule has 3 aromatic rings. The molecule has 0 unspecified atom stereocenters. The number of benzene rings is 2. The minimum Gasteiger partial charge on any atom is -0.324 e. The summed E-state index contributed by atoms with van der Waals surface area (Å²) < 4.78 is 35.5. The predicted molar refractivity (Wildman–Crippen MR) is 105 cm³/mol. The Labute approximate surface area is 163 Å². The monoisotopic (exact) mass is 454 g/mol. The second-order valence-electron chi connectivity index (χ2n) is 5.68. The highest BCUT2D eigenvalue weighted by Crippen LogP contribution is 2.25. The summed E-state index contributed by atoms with van der Waals surface area (Å²) in [5.74, 6) is -0.441. The lowest BCUT2D eigenvalue weighted by Gasteiger charge is -2.17. The molecule has 0 bridgehead atoms. The molecule has 1 N–H and O–H groups in total. The van der Waals surface area contributed by atoms with Gasteiger partial charge in [0.15, 0.2) is 0 Å². The minimum absolute atomic E-state index is 0.0376. The lowest BCUT2D eigenvalue weighted by molar-refractivity contribution is -0.116. The minimum atomic E-state index is -3.87. The molecule has 0 fully saturated rings. The first kappa shape index (κ1) is 18.9. The Bertz CT molecular complexity index is 1080. The molecule has 26 heavy (non-hydrogen) atoms. The fraction of sp³-hybridized carbons (Fsp3) is 0.188. The largest absolute Gasteiger partial charge is 0.324 e. The van der Waals surface area contributed by atoms with Crippen molar-refractivity contribution in [3.8, 4) is 0 Å². The molecule has 1 aromatic heterocycles. The van der Waals surface area contributed by atoms with Gasteiger partial charge in [-0.15, -0.1) is 0 Å². The Kier molecular flexibility index (Phi) is 5.37. The number of halogens is 1. The van der Waals surface area contributed by atoms with Crippen LogP contribution in [0.25, 0.3) is 11.0 Å². The topological polar surface area (TPSA) is 92.3 Å². The molecule has 3 rings (SSSR count). The Hall–Kier alpha value is -1.88. The summed E-state index contributed by atoms with van der Waals surface area (Å²) in [6.45, 7) is 1.61. The molecule has 1 amide bonds. The number of aromatic nitrogens is 2. The standard InChI is InChI=1S/C16H15BrN4O3S2/c1-10-6-7-12(11(17)8-10)18-15(22)9-21(2)26(23,24)14-5-3-4-13-16(14)20-25-19-13/h3-8H,9H2,1-2H3,(H,18,22). The third kappa shape index (κ3) is 3.78. The average Bonchev–Trinajstić information content (AvgIpc) is 3.05. The molecule has 10 heteroatoms. The molecule has 0 saturated heterocycles. The van der Waals surface area contributed by atoms with Gasteiger partial charge < -0.3 is 5.32 Å². The zero-order chi connectivity index (χ0) is 18.9. The van der Waals surface area contributed by atoms with Crippen molar-refractivity contribution >= 4 is 60.3 Å². The molecule has 0 saturated carbocycles. The van der Waals surface area contributed by atoms with E-state index in [0.29, 0.717) is 16.7 Å². The Balaban J connectivity index is 1.79. The second-order valence-corrected chi connectivity index (χ2v) is 9.08. The van der Waals surface area contributed by atoms with Crippen LogP contribution >= 0.6 is 27.7 Å². The van der Waals surface area contributed by atoms with E-state index in [1.807, 2.05) is 19.1 Å². The molecular weight excluding hydrogens is 440 g/mol. The molecule has 0 atom stereocenters. The number of hydrogen-bond donors (Lipinski definition) is 1. The van der Waals surface area contributed by atoms with Crippen LogP contribution in [0.1, 0.15) is 5.56 Å². The van der Waals surface area contributed by atoms with Gasteiger partial charge in [0.05, 0.1) is 24.0 Å². The van der Waals surface area contributed by atoms with Crippen LogP contribution < -0.4 is 5.32 Å². The molecule has 136 valence electrons. The van der Waals surface area contributed by atoms with Crippen molar-refractivity contribution in [1.29, 1.82) is 0 Å². The quantitative estimate of drug-likeness (QED) is 0.639. The number of carbonyl (C=O) groups excluding carboxylic acids is 1. The van der Waals surface area contributed by atoms with Crippen molar-refractivity contribution in [3.63, 3.8) is 0 Å². The number of carbonyl (C=O) groups is 1. The molecule has 7 nitrogen and oxygen atoms in total. The van der Waals surface area contributed by atoms with E-state index in [-0.39, 0.29) is 11.4 Å². The van der Waals surface area contributed by atoms with Crippen molar-refractivity contribution in [1.82, 2.24) is 13.1 Å². The summed E-state index contributed by atoms with van der Waals surface area (Å²) in [6, 6.07) is 10.2. The Morgan fingerprint density at radius 1 is 1.27 bits per heavy atom. The average molecular weight is 455 g/mol. The first-order chi connectivity index (χ1) is 12.3. The van der Waals surface area contributed by atoms with Gasteiger partial charge in [0.1, 0.15) is 15.9 Å². The number of nitrogens with one attached hydrogen (secondary N) is 1. The first-order valence-corrected chi connectivity index (χ1v) is 10.5. The van der Waals surface area contributed by atoms with E-state index >= 15 is 0 Å². The van der Waals surface area contributed by atoms with Gasteiger partial charge in [0.25, 0.3) is 0 Å². The number of rotatable bonds is 5. The third-order valence-electron chi connectivity index (χ3n) is 3.70. The lowest BCUT2D eigenvalue weighted by Crippen LogP contribution is -2.35. The molecule has 0 aliphatic rings. The fourth-order valence-corrected chi connectivity index (χ4v) is 4.82. The number of aryl methyl sites for hydroxylation is 1. The summed E-state index contributed by atoms with van der Waals surface area (Å²) in [5.41, 5.74) is 2.44. The van der Waals surface area contributed by atoms with E-state index in [9.17, 15) is 13.2 Å². The molecule has 1 heterocycles. The number of hydrogen-bond acceptors (Lipinski definition) is 6. The van der Waals surface area contributed by atoms with E-state index in [0.717, 1.165) is 26.1 Å². The van der Waals surface area contributed by atoms with Gasteiger partial charge in [0, 0.05) is 11.5 Å². The fourth-order valence-electron chi connectivity index (χ4n) is 2.36. The number of amides is 1. The number of anilines is 1. The van der Waals surface area contributed by atoms with Crippen molar-refractivity contribution in [3.05, 3.63) is 46.4 Å². The predicted octanol–water partition coefficient (Wildman–Crippen LogP) is 3.02. The highest BCUT2D eigenvalue weighted by Gasteiger charge is 2.26. The van der Waals surface area contributed by atoms with Crippen molar-refractivity contribution in [2.45, 2.75) is 11.8 Å². The van der Waals surface area contributed by atoms with Gasteiger partial charge in [-0.05, 0) is 52.7 Å². The maximum atomic E-state index is 12.8. The molecule has 0 spiro atoms. The van der Waals surface area contributed by atoms with E-state index in [4.69, 9.17) is 0 Å². The maximum absolute atomic E-state index is 12.8. The third-order valence-corrected chi connectivity index (χ3v) is 6.74. The first-order valence-electron chi connectivity index (χ1n) is 7.52. The van der Waals surface area contributed by atoms with Crippen LogP contribution in [0.3, 0.4) is 0 Å². The van der Waals surface area contributed by atoms with Crippen molar-refractivity contribution in [2.75, 3.05) is 18.9 Å². The smallest absolute Gasteiger partial charge is 0.245 e. The normalized spacial score (nSPS) is 11.8. The van der Waals surface area contributed by atoms with Gasteiger partial charge >= 0.3 is 0 Å². The summed E-state index contributed by atoms with van der Waals surface area (Å²) in [5, 5.41) is 2.71. The van der Waals surface area contributed by atoms with Gasteiger partial charge in [-0.25, -0.2) is 8.42 Å². The zero-order valence-corrected chi connectivity index (χ0v) is 17.2. The van der Waals surface area contributed by atoms with E-state index in [1.54, 1.807) is 18.2 Å². The molecule has 0 aliphatic carbocycles. The van der Waals surface area contributed by atoms with E-state index in [1.165, 1.54) is 13.1 Å². The Morgan fingerprint density at radius 3 is 2.77 bits per heavy atom. The summed E-state index contributed by atoms with van der Waals surface area (Å²) in [7, 11) is -2.52. The van der Waals surface area contributed by atoms with Gasteiger partial charge in [-0.2, -0.15) is 13.1 Å².